The Balaban J connectivity index is 1.60. The second kappa shape index (κ2) is 6.37. The topological polar surface area (TPSA) is 50.4 Å². The van der Waals surface area contributed by atoms with Gasteiger partial charge in [-0.05, 0) is 36.3 Å². The Bertz CT molecular complexity index is 469. The molecule has 20 heavy (non-hydrogen) atoms. The molecule has 0 aliphatic carbocycles. The van der Waals surface area contributed by atoms with Gasteiger partial charge in [-0.1, -0.05) is 24.3 Å². The summed E-state index contributed by atoms with van der Waals surface area (Å²) >= 11 is 0. The summed E-state index contributed by atoms with van der Waals surface area (Å²) in [6.45, 7) is 3.22. The Morgan fingerprint density at radius 1 is 1.40 bits per heavy atom. The highest BCUT2D eigenvalue weighted by atomic mass is 16.5. The van der Waals surface area contributed by atoms with Crippen LogP contribution in [-0.4, -0.2) is 32.2 Å². The maximum atomic E-state index is 12.4. The number of carbonyl (C=O) groups is 1. The molecule has 3 rings (SSSR count). The minimum absolute atomic E-state index is 0.0859. The van der Waals surface area contributed by atoms with Crippen molar-refractivity contribution in [1.29, 1.82) is 0 Å². The minimum Gasteiger partial charge on any atom is -0.381 e. The van der Waals surface area contributed by atoms with E-state index in [1.807, 2.05) is 12.1 Å². The molecule has 2 unspecified atom stereocenters. The zero-order valence-corrected chi connectivity index (χ0v) is 11.7. The standard InChI is InChI=1S/C16H22N2O2/c19-16(18-10-12-4-3-9-20-11-12)15-14-6-2-1-5-13(14)7-8-17-15/h1-2,5-6,12,15,17H,3-4,7-11H2,(H,18,19). The molecule has 1 saturated heterocycles. The van der Waals surface area contributed by atoms with Crippen LogP contribution in [-0.2, 0) is 16.0 Å². The number of benzene rings is 1. The summed E-state index contributed by atoms with van der Waals surface area (Å²) in [5, 5.41) is 6.40. The number of amides is 1. The summed E-state index contributed by atoms with van der Waals surface area (Å²) in [6, 6.07) is 8.00. The summed E-state index contributed by atoms with van der Waals surface area (Å²) in [7, 11) is 0. The molecular weight excluding hydrogens is 252 g/mol. The molecule has 1 amide bonds. The molecule has 0 spiro atoms. The van der Waals surface area contributed by atoms with E-state index in [2.05, 4.69) is 22.8 Å². The number of ether oxygens (including phenoxy) is 1. The summed E-state index contributed by atoms with van der Waals surface area (Å²) in [5.74, 6) is 0.550. The Morgan fingerprint density at radius 2 is 2.30 bits per heavy atom. The van der Waals surface area contributed by atoms with Gasteiger partial charge in [0.25, 0.3) is 0 Å². The summed E-state index contributed by atoms with van der Waals surface area (Å²) in [4.78, 5) is 12.4. The van der Waals surface area contributed by atoms with Crippen molar-refractivity contribution in [2.24, 2.45) is 5.92 Å². The first-order chi connectivity index (χ1) is 9.84. The van der Waals surface area contributed by atoms with Gasteiger partial charge in [-0.15, -0.1) is 0 Å². The number of carbonyl (C=O) groups excluding carboxylic acids is 1. The fourth-order valence-corrected chi connectivity index (χ4v) is 3.05. The van der Waals surface area contributed by atoms with Crippen molar-refractivity contribution < 1.29 is 9.53 Å². The number of fused-ring (bicyclic) bond motifs is 1. The van der Waals surface area contributed by atoms with Crippen LogP contribution in [0, 0.1) is 5.92 Å². The van der Waals surface area contributed by atoms with Crippen LogP contribution in [0.3, 0.4) is 0 Å². The second-order valence-corrected chi connectivity index (χ2v) is 5.66. The van der Waals surface area contributed by atoms with Crippen molar-refractivity contribution in [3.05, 3.63) is 35.4 Å². The molecule has 2 aliphatic rings. The molecule has 108 valence electrons. The first-order valence-electron chi connectivity index (χ1n) is 7.51. The number of hydrogen-bond donors (Lipinski definition) is 2. The molecule has 0 aromatic heterocycles. The van der Waals surface area contributed by atoms with Crippen LogP contribution in [0.25, 0.3) is 0 Å². The van der Waals surface area contributed by atoms with Crippen molar-refractivity contribution >= 4 is 5.91 Å². The maximum absolute atomic E-state index is 12.4. The highest BCUT2D eigenvalue weighted by molar-refractivity contribution is 5.83. The lowest BCUT2D eigenvalue weighted by Crippen LogP contribution is -2.43. The SMILES string of the molecule is O=C(NCC1CCCOC1)C1NCCc2ccccc21. The highest BCUT2D eigenvalue weighted by Crippen LogP contribution is 2.22. The third kappa shape index (κ3) is 3.02. The largest absolute Gasteiger partial charge is 0.381 e. The molecule has 2 aliphatic heterocycles. The van der Waals surface area contributed by atoms with E-state index >= 15 is 0 Å². The van der Waals surface area contributed by atoms with Crippen LogP contribution < -0.4 is 10.6 Å². The highest BCUT2D eigenvalue weighted by Gasteiger charge is 2.26. The average Bonchev–Trinajstić information content (AvgIpc) is 2.53. The van der Waals surface area contributed by atoms with Crippen molar-refractivity contribution in [1.82, 2.24) is 10.6 Å². The van der Waals surface area contributed by atoms with E-state index in [0.29, 0.717) is 5.92 Å². The van der Waals surface area contributed by atoms with Gasteiger partial charge in [0.05, 0.1) is 6.61 Å². The summed E-state index contributed by atoms with van der Waals surface area (Å²) < 4.78 is 5.45. The lowest BCUT2D eigenvalue weighted by atomic mass is 9.93. The van der Waals surface area contributed by atoms with Gasteiger partial charge in [0.15, 0.2) is 0 Å². The smallest absolute Gasteiger partial charge is 0.241 e. The molecule has 0 bridgehead atoms. The molecule has 2 atom stereocenters. The third-order valence-electron chi connectivity index (χ3n) is 4.19. The van der Waals surface area contributed by atoms with E-state index in [4.69, 9.17) is 4.74 Å². The van der Waals surface area contributed by atoms with Crippen molar-refractivity contribution in [3.8, 4) is 0 Å². The van der Waals surface area contributed by atoms with Crippen LogP contribution in [0.5, 0.6) is 0 Å². The Morgan fingerprint density at radius 3 is 3.15 bits per heavy atom. The van der Waals surface area contributed by atoms with Gasteiger partial charge in [-0.25, -0.2) is 0 Å². The second-order valence-electron chi connectivity index (χ2n) is 5.66. The van der Waals surface area contributed by atoms with Gasteiger partial charge >= 0.3 is 0 Å². The Labute approximate surface area is 119 Å². The molecule has 4 heteroatoms. The van der Waals surface area contributed by atoms with Crippen LogP contribution >= 0.6 is 0 Å². The van der Waals surface area contributed by atoms with Gasteiger partial charge in [-0.3, -0.25) is 4.79 Å². The van der Waals surface area contributed by atoms with E-state index in [1.165, 1.54) is 5.56 Å². The molecule has 2 N–H and O–H groups in total. The number of rotatable bonds is 3. The monoisotopic (exact) mass is 274 g/mol. The molecule has 2 heterocycles. The Hall–Kier alpha value is -1.39. The van der Waals surface area contributed by atoms with Crippen LogP contribution in [0.1, 0.15) is 30.0 Å². The van der Waals surface area contributed by atoms with Crippen LogP contribution in [0.4, 0.5) is 0 Å². The molecule has 0 saturated carbocycles. The molecule has 4 nitrogen and oxygen atoms in total. The predicted octanol–water partition coefficient (Wildman–Crippen LogP) is 1.42. The number of nitrogens with one attached hydrogen (secondary N) is 2. The van der Waals surface area contributed by atoms with E-state index in [0.717, 1.165) is 51.1 Å². The minimum atomic E-state index is -0.204. The third-order valence-corrected chi connectivity index (χ3v) is 4.19. The van der Waals surface area contributed by atoms with E-state index < -0.39 is 0 Å². The van der Waals surface area contributed by atoms with E-state index in [-0.39, 0.29) is 11.9 Å². The zero-order chi connectivity index (χ0) is 13.8. The maximum Gasteiger partial charge on any atom is 0.241 e. The van der Waals surface area contributed by atoms with Crippen LogP contribution in [0.2, 0.25) is 0 Å². The van der Waals surface area contributed by atoms with Gasteiger partial charge < -0.3 is 15.4 Å². The molecule has 1 fully saturated rings. The first-order valence-corrected chi connectivity index (χ1v) is 7.51. The summed E-state index contributed by atoms with van der Waals surface area (Å²) in [5.41, 5.74) is 2.41. The quantitative estimate of drug-likeness (QED) is 0.876. The fourth-order valence-electron chi connectivity index (χ4n) is 3.05. The van der Waals surface area contributed by atoms with Gasteiger partial charge in [-0.2, -0.15) is 0 Å². The molecular formula is C16H22N2O2. The van der Waals surface area contributed by atoms with E-state index in [9.17, 15) is 4.79 Å². The molecule has 1 aromatic carbocycles. The molecule has 0 radical (unpaired) electrons. The zero-order valence-electron chi connectivity index (χ0n) is 11.7. The van der Waals surface area contributed by atoms with Crippen molar-refractivity contribution in [2.75, 3.05) is 26.3 Å². The molecule has 1 aromatic rings. The summed E-state index contributed by atoms with van der Waals surface area (Å²) in [6.07, 6.45) is 3.25. The van der Waals surface area contributed by atoms with Gasteiger partial charge in [0.1, 0.15) is 6.04 Å². The van der Waals surface area contributed by atoms with Gasteiger partial charge in [0.2, 0.25) is 5.91 Å². The Kier molecular flexibility index (Phi) is 4.33. The first kappa shape index (κ1) is 13.6. The normalized spacial score (nSPS) is 25.8. The number of hydrogen-bond acceptors (Lipinski definition) is 3. The predicted molar refractivity (Wildman–Crippen MR) is 77.4 cm³/mol. The van der Waals surface area contributed by atoms with Crippen molar-refractivity contribution in [2.45, 2.75) is 25.3 Å². The van der Waals surface area contributed by atoms with Crippen LogP contribution in [0.15, 0.2) is 24.3 Å². The van der Waals surface area contributed by atoms with Crippen molar-refractivity contribution in [3.63, 3.8) is 0 Å². The lowest BCUT2D eigenvalue weighted by molar-refractivity contribution is -0.123. The lowest BCUT2D eigenvalue weighted by Gasteiger charge is -2.27. The van der Waals surface area contributed by atoms with E-state index in [1.54, 1.807) is 0 Å². The fraction of sp³-hybridized carbons (Fsp3) is 0.562. The van der Waals surface area contributed by atoms with Gasteiger partial charge in [0, 0.05) is 19.7 Å². The average molecular weight is 274 g/mol.